The maximum absolute atomic E-state index is 12.3. The van der Waals surface area contributed by atoms with E-state index >= 15 is 0 Å². The van der Waals surface area contributed by atoms with Gasteiger partial charge in [0.2, 0.25) is 5.91 Å². The van der Waals surface area contributed by atoms with E-state index in [4.69, 9.17) is 4.74 Å². The Labute approximate surface area is 145 Å². The van der Waals surface area contributed by atoms with Crippen molar-refractivity contribution in [1.82, 2.24) is 10.2 Å². The molecule has 0 radical (unpaired) electrons. The number of carbonyl (C=O) groups is 1. The first-order chi connectivity index (χ1) is 11.4. The van der Waals surface area contributed by atoms with Crippen molar-refractivity contribution in [2.75, 3.05) is 26.8 Å². The molecule has 1 atom stereocenters. The summed E-state index contributed by atoms with van der Waals surface area (Å²) in [6, 6.07) is 5.18. The van der Waals surface area contributed by atoms with Crippen LogP contribution in [0.2, 0.25) is 0 Å². The highest BCUT2D eigenvalue weighted by Gasteiger charge is 2.29. The molecule has 1 amide bonds. The Morgan fingerprint density at radius 3 is 2.79 bits per heavy atom. The normalized spacial score (nSPS) is 21.0. The summed E-state index contributed by atoms with van der Waals surface area (Å²) in [4.78, 5) is 14.2. The van der Waals surface area contributed by atoms with Crippen LogP contribution in [0.1, 0.15) is 61.9 Å². The Bertz CT molecular complexity index is 613. The Hall–Kier alpha value is -1.39. The predicted molar refractivity (Wildman–Crippen MR) is 96.1 cm³/mol. The van der Waals surface area contributed by atoms with Gasteiger partial charge in [0.1, 0.15) is 6.61 Å². The number of hydrogen-bond acceptors (Lipinski definition) is 3. The molecule has 4 nitrogen and oxygen atoms in total. The highest BCUT2D eigenvalue weighted by atomic mass is 16.5. The van der Waals surface area contributed by atoms with Gasteiger partial charge in [-0.3, -0.25) is 4.79 Å². The lowest BCUT2D eigenvalue weighted by Crippen LogP contribution is -2.39. The van der Waals surface area contributed by atoms with Gasteiger partial charge in [-0.25, -0.2) is 0 Å². The zero-order valence-electron chi connectivity index (χ0n) is 15.4. The fraction of sp³-hybridized carbons (Fsp3) is 0.650. The maximum Gasteiger partial charge on any atom is 0.248 e. The van der Waals surface area contributed by atoms with Gasteiger partial charge in [0, 0.05) is 26.2 Å². The highest BCUT2D eigenvalue weighted by Crippen LogP contribution is 2.35. The van der Waals surface area contributed by atoms with E-state index in [1.807, 2.05) is 4.90 Å². The van der Waals surface area contributed by atoms with Crippen LogP contribution in [0, 0.1) is 0 Å². The Balaban J connectivity index is 1.98. The third-order valence-corrected chi connectivity index (χ3v) is 5.30. The highest BCUT2D eigenvalue weighted by molar-refractivity contribution is 5.77. The third-order valence-electron chi connectivity index (χ3n) is 5.30. The van der Waals surface area contributed by atoms with E-state index in [0.29, 0.717) is 6.04 Å². The van der Waals surface area contributed by atoms with Crippen LogP contribution in [0.15, 0.2) is 12.1 Å². The van der Waals surface area contributed by atoms with E-state index in [9.17, 15) is 4.79 Å². The van der Waals surface area contributed by atoms with Gasteiger partial charge in [0.05, 0.1) is 0 Å². The lowest BCUT2D eigenvalue weighted by atomic mass is 9.80. The monoisotopic (exact) mass is 330 g/mol. The lowest BCUT2D eigenvalue weighted by Gasteiger charge is -2.33. The van der Waals surface area contributed by atoms with Crippen molar-refractivity contribution in [2.24, 2.45) is 0 Å². The quantitative estimate of drug-likeness (QED) is 0.926. The second-order valence-electron chi connectivity index (χ2n) is 8.10. The second kappa shape index (κ2) is 6.85. The third kappa shape index (κ3) is 3.50. The van der Waals surface area contributed by atoms with Crippen LogP contribution in [-0.2, 0) is 27.9 Å². The number of ether oxygens (including phenoxy) is 1. The molecule has 2 aliphatic heterocycles. The van der Waals surface area contributed by atoms with Gasteiger partial charge in [-0.2, -0.15) is 0 Å². The van der Waals surface area contributed by atoms with Gasteiger partial charge in [-0.15, -0.1) is 0 Å². The Kier molecular flexibility index (Phi) is 4.97. The standard InChI is InChI=1S/C20H30N2O2/c1-20(2,3)15-10-14-7-9-22(19(23)13-24-4)12-17(14)16(11-15)18-6-5-8-21-18/h10-11,18,21H,5-9,12-13H2,1-4H3/t18-/m0/s1. The lowest BCUT2D eigenvalue weighted by molar-refractivity contribution is -0.136. The summed E-state index contributed by atoms with van der Waals surface area (Å²) in [7, 11) is 1.58. The van der Waals surface area contributed by atoms with Gasteiger partial charge in [0.15, 0.2) is 0 Å². The number of fused-ring (bicyclic) bond motifs is 1. The van der Waals surface area contributed by atoms with E-state index in [2.05, 4.69) is 38.2 Å². The molecule has 3 rings (SSSR count). The molecule has 24 heavy (non-hydrogen) atoms. The smallest absolute Gasteiger partial charge is 0.248 e. The molecule has 0 saturated carbocycles. The fourth-order valence-corrected chi connectivity index (χ4v) is 3.82. The SMILES string of the molecule is COCC(=O)N1CCc2cc(C(C)(C)C)cc([C@@H]3CCCN3)c2C1. The second-order valence-corrected chi connectivity index (χ2v) is 8.10. The molecule has 0 aliphatic carbocycles. The summed E-state index contributed by atoms with van der Waals surface area (Å²) in [5.41, 5.74) is 5.74. The first kappa shape index (κ1) is 17.4. The summed E-state index contributed by atoms with van der Waals surface area (Å²) in [5, 5.41) is 3.64. The summed E-state index contributed by atoms with van der Waals surface area (Å²) >= 11 is 0. The van der Waals surface area contributed by atoms with Crippen LogP contribution in [0.5, 0.6) is 0 Å². The van der Waals surface area contributed by atoms with Crippen LogP contribution in [0.25, 0.3) is 0 Å². The zero-order chi connectivity index (χ0) is 17.3. The van der Waals surface area contributed by atoms with Crippen LogP contribution >= 0.6 is 0 Å². The van der Waals surface area contributed by atoms with E-state index in [-0.39, 0.29) is 17.9 Å². The van der Waals surface area contributed by atoms with E-state index in [0.717, 1.165) is 26.1 Å². The molecule has 4 heteroatoms. The number of nitrogens with zero attached hydrogens (tertiary/aromatic N) is 1. The van der Waals surface area contributed by atoms with Crippen LogP contribution in [0.4, 0.5) is 0 Å². The van der Waals surface area contributed by atoms with Gasteiger partial charge < -0.3 is 15.0 Å². The molecular weight excluding hydrogens is 300 g/mol. The van der Waals surface area contributed by atoms with E-state index in [1.54, 1.807) is 7.11 Å². The Morgan fingerprint density at radius 1 is 1.38 bits per heavy atom. The largest absolute Gasteiger partial charge is 0.375 e. The predicted octanol–water partition coefficient (Wildman–Crippen LogP) is 2.94. The maximum atomic E-state index is 12.3. The number of amides is 1. The molecule has 132 valence electrons. The molecule has 1 N–H and O–H groups in total. The minimum absolute atomic E-state index is 0.0911. The number of methoxy groups -OCH3 is 1. The van der Waals surface area contributed by atoms with Crippen LogP contribution < -0.4 is 5.32 Å². The van der Waals surface area contributed by atoms with Crippen molar-refractivity contribution in [3.63, 3.8) is 0 Å². The number of hydrogen-bond donors (Lipinski definition) is 1. The number of carbonyl (C=O) groups excluding carboxylic acids is 1. The molecule has 0 unspecified atom stereocenters. The van der Waals surface area contributed by atoms with Gasteiger partial charge in [-0.05, 0) is 53.5 Å². The van der Waals surface area contributed by atoms with Crippen molar-refractivity contribution >= 4 is 5.91 Å². The fourth-order valence-electron chi connectivity index (χ4n) is 3.82. The molecule has 0 spiro atoms. The topological polar surface area (TPSA) is 41.6 Å². The van der Waals surface area contributed by atoms with Gasteiger partial charge in [-0.1, -0.05) is 32.9 Å². The summed E-state index contributed by atoms with van der Waals surface area (Å²) in [5.74, 6) is 0.0911. The summed E-state index contributed by atoms with van der Waals surface area (Å²) in [6.07, 6.45) is 3.35. The molecule has 2 heterocycles. The van der Waals surface area contributed by atoms with Crippen molar-refractivity contribution < 1.29 is 9.53 Å². The number of rotatable bonds is 3. The molecule has 1 aromatic carbocycles. The summed E-state index contributed by atoms with van der Waals surface area (Å²) in [6.45, 7) is 9.60. The van der Waals surface area contributed by atoms with Crippen molar-refractivity contribution in [1.29, 1.82) is 0 Å². The molecule has 1 saturated heterocycles. The van der Waals surface area contributed by atoms with Crippen LogP contribution in [-0.4, -0.2) is 37.6 Å². The Morgan fingerprint density at radius 2 is 2.17 bits per heavy atom. The number of benzene rings is 1. The molecule has 2 aliphatic rings. The van der Waals surface area contributed by atoms with Crippen molar-refractivity contribution in [2.45, 2.75) is 58.0 Å². The average Bonchev–Trinajstić information content (AvgIpc) is 3.07. The molecule has 0 aromatic heterocycles. The first-order valence-electron chi connectivity index (χ1n) is 9.06. The minimum atomic E-state index is 0.0911. The molecule has 1 fully saturated rings. The summed E-state index contributed by atoms with van der Waals surface area (Å²) < 4.78 is 5.04. The van der Waals surface area contributed by atoms with E-state index in [1.165, 1.54) is 35.1 Å². The molecule has 1 aromatic rings. The molecule has 0 bridgehead atoms. The zero-order valence-corrected chi connectivity index (χ0v) is 15.4. The van der Waals surface area contributed by atoms with Gasteiger partial charge >= 0.3 is 0 Å². The van der Waals surface area contributed by atoms with E-state index < -0.39 is 0 Å². The van der Waals surface area contributed by atoms with Gasteiger partial charge in [0.25, 0.3) is 0 Å². The molecular formula is C20H30N2O2. The number of nitrogens with one attached hydrogen (secondary N) is 1. The average molecular weight is 330 g/mol. The minimum Gasteiger partial charge on any atom is -0.375 e. The first-order valence-corrected chi connectivity index (χ1v) is 9.06. The van der Waals surface area contributed by atoms with Crippen molar-refractivity contribution in [3.05, 3.63) is 34.4 Å². The van der Waals surface area contributed by atoms with Crippen molar-refractivity contribution in [3.8, 4) is 0 Å². The van der Waals surface area contributed by atoms with Crippen LogP contribution in [0.3, 0.4) is 0 Å².